The zero-order valence-electron chi connectivity index (χ0n) is 21.8. The molecule has 0 radical (unpaired) electrons. The largest absolute Gasteiger partial charge is 0.493 e. The van der Waals surface area contributed by atoms with Crippen LogP contribution in [0, 0.1) is 10.1 Å². The fraction of sp³-hybridized carbons (Fsp3) is 0.167. The summed E-state index contributed by atoms with van der Waals surface area (Å²) in [6, 6.07) is 21.9. The molecule has 0 amide bonds. The number of nitrogens with zero attached hydrogens (tertiary/aromatic N) is 4. The van der Waals surface area contributed by atoms with E-state index in [1.165, 1.54) is 24.1 Å². The number of ether oxygens (including phenoxy) is 2. The van der Waals surface area contributed by atoms with Gasteiger partial charge in [-0.2, -0.15) is 9.78 Å². The second-order valence-electron chi connectivity index (χ2n) is 9.06. The minimum absolute atomic E-state index is 0.0126. The molecule has 9 nitrogen and oxygen atoms in total. The second kappa shape index (κ2) is 11.7. The molecule has 0 unspecified atom stereocenters. The summed E-state index contributed by atoms with van der Waals surface area (Å²) in [7, 11) is 1.42. The van der Waals surface area contributed by atoms with Gasteiger partial charge in [0.2, 0.25) is 5.75 Å². The minimum Gasteiger partial charge on any atom is -0.493 e. The van der Waals surface area contributed by atoms with Crippen molar-refractivity contribution in [2.75, 3.05) is 7.11 Å². The Balaban J connectivity index is 1.53. The average Bonchev–Trinajstić information content (AvgIpc) is 2.96. The number of methoxy groups -OCH3 is 1. The molecule has 0 aliphatic rings. The number of nitro benzene ring substituents is 1. The maximum Gasteiger partial charge on any atom is 0.315 e. The van der Waals surface area contributed by atoms with Crippen molar-refractivity contribution in [3.8, 4) is 11.5 Å². The third kappa shape index (κ3) is 5.43. The summed E-state index contributed by atoms with van der Waals surface area (Å²) in [6.45, 7) is 2.09. The van der Waals surface area contributed by atoms with E-state index >= 15 is 0 Å². The van der Waals surface area contributed by atoms with Crippen LogP contribution >= 0.6 is 15.9 Å². The van der Waals surface area contributed by atoms with Crippen molar-refractivity contribution in [2.45, 2.75) is 26.4 Å². The molecule has 4 aromatic carbocycles. The molecule has 5 rings (SSSR count). The zero-order chi connectivity index (χ0) is 28.2. The zero-order valence-corrected chi connectivity index (χ0v) is 23.4. The van der Waals surface area contributed by atoms with E-state index in [1.54, 1.807) is 18.2 Å². The van der Waals surface area contributed by atoms with Gasteiger partial charge in [-0.15, -0.1) is 0 Å². The van der Waals surface area contributed by atoms with Gasteiger partial charge in [-0.3, -0.25) is 14.9 Å². The monoisotopic (exact) mass is 600 g/mol. The van der Waals surface area contributed by atoms with Gasteiger partial charge in [-0.1, -0.05) is 65.3 Å². The van der Waals surface area contributed by atoms with Gasteiger partial charge in [0.15, 0.2) is 5.75 Å². The van der Waals surface area contributed by atoms with Crippen LogP contribution in [-0.4, -0.2) is 27.9 Å². The van der Waals surface area contributed by atoms with Crippen molar-refractivity contribution in [1.82, 2.24) is 9.66 Å². The molecule has 0 fully saturated rings. The Bertz CT molecular complexity index is 1830. The Hall–Kier alpha value is -4.57. The summed E-state index contributed by atoms with van der Waals surface area (Å²) < 4.78 is 13.5. The lowest BCUT2D eigenvalue weighted by Crippen LogP contribution is -2.22. The Kier molecular flexibility index (Phi) is 7.88. The molecule has 40 heavy (non-hydrogen) atoms. The highest BCUT2D eigenvalue weighted by atomic mass is 79.9. The van der Waals surface area contributed by atoms with Crippen LogP contribution in [0.5, 0.6) is 11.5 Å². The molecule has 0 bridgehead atoms. The molecule has 1 aromatic heterocycles. The van der Waals surface area contributed by atoms with E-state index in [4.69, 9.17) is 9.47 Å². The lowest BCUT2D eigenvalue weighted by Gasteiger charge is -2.13. The first-order valence-electron chi connectivity index (χ1n) is 12.6. The fourth-order valence-corrected chi connectivity index (χ4v) is 4.87. The van der Waals surface area contributed by atoms with Crippen LogP contribution in [0.4, 0.5) is 5.69 Å². The van der Waals surface area contributed by atoms with Gasteiger partial charge in [-0.25, -0.2) is 4.98 Å². The van der Waals surface area contributed by atoms with E-state index in [0.29, 0.717) is 28.7 Å². The van der Waals surface area contributed by atoms with Gasteiger partial charge in [0, 0.05) is 22.5 Å². The second-order valence-corrected chi connectivity index (χ2v) is 9.97. The maximum absolute atomic E-state index is 13.3. The normalized spacial score (nSPS) is 11.4. The number of hydrogen-bond acceptors (Lipinski definition) is 7. The highest BCUT2D eigenvalue weighted by molar-refractivity contribution is 9.10. The number of aromatic nitrogens is 2. The van der Waals surface area contributed by atoms with Crippen LogP contribution in [0.2, 0.25) is 0 Å². The maximum atomic E-state index is 13.3. The molecule has 0 aliphatic carbocycles. The summed E-state index contributed by atoms with van der Waals surface area (Å²) in [5.74, 6) is 0.686. The first kappa shape index (κ1) is 27.0. The van der Waals surface area contributed by atoms with Gasteiger partial charge in [-0.05, 0) is 47.0 Å². The van der Waals surface area contributed by atoms with Gasteiger partial charge in [0.25, 0.3) is 5.56 Å². The highest BCUT2D eigenvalue weighted by Crippen LogP contribution is 2.39. The quantitative estimate of drug-likeness (QED) is 0.106. The molecule has 5 aromatic rings. The summed E-state index contributed by atoms with van der Waals surface area (Å²) in [5, 5.41) is 18.9. The van der Waals surface area contributed by atoms with Crippen molar-refractivity contribution in [2.24, 2.45) is 5.10 Å². The number of hydrogen-bond donors (Lipinski definition) is 0. The minimum atomic E-state index is -0.526. The molecule has 10 heteroatoms. The summed E-state index contributed by atoms with van der Waals surface area (Å²) >= 11 is 3.40. The van der Waals surface area contributed by atoms with E-state index in [9.17, 15) is 14.9 Å². The number of rotatable bonds is 9. The topological polar surface area (TPSA) is 109 Å². The van der Waals surface area contributed by atoms with E-state index in [-0.39, 0.29) is 29.4 Å². The number of aryl methyl sites for hydroxylation is 1. The van der Waals surface area contributed by atoms with Crippen LogP contribution in [0.1, 0.15) is 30.3 Å². The van der Waals surface area contributed by atoms with Gasteiger partial charge >= 0.3 is 5.69 Å². The van der Waals surface area contributed by atoms with E-state index < -0.39 is 4.92 Å². The van der Waals surface area contributed by atoms with E-state index in [1.807, 2.05) is 55.5 Å². The smallest absolute Gasteiger partial charge is 0.315 e. The standard InChI is InChI=1S/C30H25BrN4O5/c1-3-7-28-33-25-13-12-22(31)16-24(25)30(36)34(28)32-17-19-14-26(35(37)38)29(27(15-19)39-2)40-18-21-10-6-9-20-8-4-5-11-23(20)21/h4-6,8-17H,3,7,18H2,1-2H3. The predicted octanol–water partition coefficient (Wildman–Crippen LogP) is 6.64. The van der Waals surface area contributed by atoms with Crippen molar-refractivity contribution < 1.29 is 14.4 Å². The fourth-order valence-electron chi connectivity index (χ4n) is 4.51. The number of nitro groups is 1. The Morgan fingerprint density at radius 3 is 2.65 bits per heavy atom. The third-order valence-corrected chi connectivity index (χ3v) is 6.89. The Labute approximate surface area is 238 Å². The van der Waals surface area contributed by atoms with E-state index in [2.05, 4.69) is 26.0 Å². The van der Waals surface area contributed by atoms with Crippen LogP contribution in [0.3, 0.4) is 0 Å². The lowest BCUT2D eigenvalue weighted by atomic mass is 10.1. The molecule has 202 valence electrons. The molecule has 0 saturated carbocycles. The first-order valence-corrected chi connectivity index (χ1v) is 13.4. The lowest BCUT2D eigenvalue weighted by molar-refractivity contribution is -0.386. The van der Waals surface area contributed by atoms with Crippen LogP contribution in [0.25, 0.3) is 21.7 Å². The molecule has 0 aliphatic heterocycles. The SMILES string of the molecule is CCCc1nc2ccc(Br)cc2c(=O)n1N=Cc1cc(OC)c(OCc2cccc3ccccc23)c([N+](=O)[O-])c1. The Morgan fingerprint density at radius 2 is 1.88 bits per heavy atom. The summed E-state index contributed by atoms with van der Waals surface area (Å²) in [6.07, 6.45) is 2.67. The highest BCUT2D eigenvalue weighted by Gasteiger charge is 2.23. The average molecular weight is 601 g/mol. The molecule has 0 atom stereocenters. The van der Waals surface area contributed by atoms with Crippen LogP contribution in [-0.2, 0) is 13.0 Å². The number of halogens is 1. The molecular formula is C30H25BrN4O5. The first-order chi connectivity index (χ1) is 19.4. The molecule has 0 saturated heterocycles. The third-order valence-electron chi connectivity index (χ3n) is 6.40. The predicted molar refractivity (Wildman–Crippen MR) is 159 cm³/mol. The molecular weight excluding hydrogens is 576 g/mol. The Morgan fingerprint density at radius 1 is 1.07 bits per heavy atom. The van der Waals surface area contributed by atoms with Crippen molar-refractivity contribution in [3.05, 3.63) is 115 Å². The number of fused-ring (bicyclic) bond motifs is 2. The van der Waals surface area contributed by atoms with Gasteiger partial charge in [0.05, 0.1) is 29.2 Å². The summed E-state index contributed by atoms with van der Waals surface area (Å²) in [4.78, 5) is 29.5. The molecule has 1 heterocycles. The number of benzene rings is 4. The van der Waals surface area contributed by atoms with Crippen LogP contribution < -0.4 is 15.0 Å². The summed E-state index contributed by atoms with van der Waals surface area (Å²) in [5.41, 5.74) is 1.22. The molecule has 0 N–H and O–H groups in total. The van der Waals surface area contributed by atoms with Crippen molar-refractivity contribution in [1.29, 1.82) is 0 Å². The van der Waals surface area contributed by atoms with Crippen LogP contribution in [0.15, 0.2) is 87.2 Å². The van der Waals surface area contributed by atoms with Gasteiger partial charge in [0.1, 0.15) is 12.4 Å². The molecule has 0 spiro atoms. The van der Waals surface area contributed by atoms with Crippen molar-refractivity contribution in [3.63, 3.8) is 0 Å². The van der Waals surface area contributed by atoms with Gasteiger partial charge < -0.3 is 9.47 Å². The van der Waals surface area contributed by atoms with Crippen molar-refractivity contribution >= 4 is 49.5 Å². The van der Waals surface area contributed by atoms with E-state index in [0.717, 1.165) is 27.2 Å².